The molecule has 1 aliphatic carbocycles. The van der Waals surface area contributed by atoms with Gasteiger partial charge in [0, 0.05) is 5.69 Å². The Morgan fingerprint density at radius 2 is 2.00 bits per heavy atom. The number of fused-ring (bicyclic) bond motifs is 1. The van der Waals surface area contributed by atoms with Gasteiger partial charge in [-0.3, -0.25) is 0 Å². The summed E-state index contributed by atoms with van der Waals surface area (Å²) in [5, 5.41) is 0.704. The number of aryl methyl sites for hydroxylation is 1. The van der Waals surface area contributed by atoms with E-state index >= 15 is 0 Å². The Hall–Kier alpha value is -0.560. The molecule has 1 aromatic heterocycles. The number of halogens is 1. The van der Waals surface area contributed by atoms with Crippen LogP contribution in [-0.4, -0.2) is 4.98 Å². The summed E-state index contributed by atoms with van der Waals surface area (Å²) in [5.74, 6) is 0. The molecule has 2 rings (SSSR count). The first kappa shape index (κ1) is 11.9. The second-order valence-electron chi connectivity index (χ2n) is 5.63. The number of hydrogen-bond acceptors (Lipinski definition) is 1. The average molecular weight is 238 g/mol. The van der Waals surface area contributed by atoms with Gasteiger partial charge in [-0.25, -0.2) is 4.98 Å². The highest BCUT2D eigenvalue weighted by Crippen LogP contribution is 2.38. The molecule has 1 nitrogen and oxygen atoms in total. The highest BCUT2D eigenvalue weighted by Gasteiger charge is 2.28. The second-order valence-corrected chi connectivity index (χ2v) is 5.98. The standard InChI is InChI=1S/C14H20ClN/c1-5-12-11-8-14(3,4)7-6-10(11)9(2)13(15)16-12/h5-8H2,1-4H3. The predicted molar refractivity (Wildman–Crippen MR) is 69.2 cm³/mol. The van der Waals surface area contributed by atoms with Crippen LogP contribution in [-0.2, 0) is 19.3 Å². The largest absolute Gasteiger partial charge is 0.241 e. The van der Waals surface area contributed by atoms with Crippen LogP contribution in [0.5, 0.6) is 0 Å². The zero-order chi connectivity index (χ0) is 11.9. The average Bonchev–Trinajstić information content (AvgIpc) is 2.22. The summed E-state index contributed by atoms with van der Waals surface area (Å²) in [6, 6.07) is 0. The Kier molecular flexibility index (Phi) is 3.00. The summed E-state index contributed by atoms with van der Waals surface area (Å²) < 4.78 is 0. The molecule has 2 heteroatoms. The summed E-state index contributed by atoms with van der Waals surface area (Å²) in [5.41, 5.74) is 5.76. The van der Waals surface area contributed by atoms with E-state index in [4.69, 9.17) is 11.6 Å². The minimum atomic E-state index is 0.416. The number of hydrogen-bond donors (Lipinski definition) is 0. The maximum absolute atomic E-state index is 6.19. The molecular formula is C14H20ClN. The number of rotatable bonds is 1. The van der Waals surface area contributed by atoms with Crippen LogP contribution in [0.3, 0.4) is 0 Å². The summed E-state index contributed by atoms with van der Waals surface area (Å²) >= 11 is 6.19. The van der Waals surface area contributed by atoms with E-state index in [9.17, 15) is 0 Å². The fraction of sp³-hybridized carbons (Fsp3) is 0.643. The Balaban J connectivity index is 2.57. The zero-order valence-corrected chi connectivity index (χ0v) is 11.4. The van der Waals surface area contributed by atoms with Crippen LogP contribution in [0.4, 0.5) is 0 Å². The van der Waals surface area contributed by atoms with Crippen molar-refractivity contribution in [3.05, 3.63) is 27.5 Å². The predicted octanol–water partition coefficient (Wildman–Crippen LogP) is 4.12. The van der Waals surface area contributed by atoms with Crippen LogP contribution in [0, 0.1) is 12.3 Å². The van der Waals surface area contributed by atoms with Crippen LogP contribution < -0.4 is 0 Å². The van der Waals surface area contributed by atoms with Crippen molar-refractivity contribution in [1.82, 2.24) is 4.98 Å². The summed E-state index contributed by atoms with van der Waals surface area (Å²) in [6.45, 7) is 8.96. The molecule has 0 aromatic carbocycles. The van der Waals surface area contributed by atoms with Crippen molar-refractivity contribution in [3.63, 3.8) is 0 Å². The van der Waals surface area contributed by atoms with Crippen LogP contribution in [0.25, 0.3) is 0 Å². The van der Waals surface area contributed by atoms with Gasteiger partial charge in [-0.15, -0.1) is 0 Å². The van der Waals surface area contributed by atoms with Crippen molar-refractivity contribution in [2.45, 2.75) is 53.4 Å². The quantitative estimate of drug-likeness (QED) is 0.670. The topological polar surface area (TPSA) is 12.9 Å². The van der Waals surface area contributed by atoms with Gasteiger partial charge in [-0.05, 0) is 54.7 Å². The fourth-order valence-corrected chi connectivity index (χ4v) is 2.88. The van der Waals surface area contributed by atoms with E-state index in [1.165, 1.54) is 28.8 Å². The van der Waals surface area contributed by atoms with Gasteiger partial charge >= 0.3 is 0 Å². The monoisotopic (exact) mass is 237 g/mol. The molecule has 0 radical (unpaired) electrons. The maximum Gasteiger partial charge on any atom is 0.132 e. The van der Waals surface area contributed by atoms with Gasteiger partial charge in [0.05, 0.1) is 0 Å². The lowest BCUT2D eigenvalue weighted by Gasteiger charge is -2.33. The van der Waals surface area contributed by atoms with Crippen LogP contribution in [0.2, 0.25) is 5.15 Å². The van der Waals surface area contributed by atoms with E-state index in [1.807, 2.05) is 0 Å². The molecule has 0 fully saturated rings. The minimum Gasteiger partial charge on any atom is -0.241 e. The van der Waals surface area contributed by atoms with Crippen molar-refractivity contribution in [1.29, 1.82) is 0 Å². The zero-order valence-electron chi connectivity index (χ0n) is 10.7. The van der Waals surface area contributed by atoms with Gasteiger partial charge < -0.3 is 0 Å². The third kappa shape index (κ3) is 1.98. The Morgan fingerprint density at radius 3 is 2.62 bits per heavy atom. The Morgan fingerprint density at radius 1 is 1.31 bits per heavy atom. The summed E-state index contributed by atoms with van der Waals surface area (Å²) in [4.78, 5) is 4.54. The van der Waals surface area contributed by atoms with E-state index in [0.29, 0.717) is 10.6 Å². The normalized spacial score (nSPS) is 18.3. The third-order valence-corrected chi connectivity index (χ3v) is 4.12. The van der Waals surface area contributed by atoms with E-state index < -0.39 is 0 Å². The maximum atomic E-state index is 6.19. The summed E-state index contributed by atoms with van der Waals surface area (Å²) in [6.07, 6.45) is 4.54. The minimum absolute atomic E-state index is 0.416. The van der Waals surface area contributed by atoms with Crippen molar-refractivity contribution < 1.29 is 0 Å². The van der Waals surface area contributed by atoms with Crippen molar-refractivity contribution in [3.8, 4) is 0 Å². The van der Waals surface area contributed by atoms with Crippen molar-refractivity contribution in [2.75, 3.05) is 0 Å². The molecule has 0 N–H and O–H groups in total. The molecule has 1 aromatic rings. The first-order valence-electron chi connectivity index (χ1n) is 6.11. The molecule has 0 amide bonds. The van der Waals surface area contributed by atoms with E-state index in [1.54, 1.807) is 0 Å². The molecule has 1 heterocycles. The van der Waals surface area contributed by atoms with Gasteiger partial charge in [0.2, 0.25) is 0 Å². The molecule has 0 saturated heterocycles. The van der Waals surface area contributed by atoms with Crippen LogP contribution >= 0.6 is 11.6 Å². The van der Waals surface area contributed by atoms with E-state index in [0.717, 1.165) is 19.3 Å². The highest BCUT2D eigenvalue weighted by molar-refractivity contribution is 6.30. The number of pyridine rings is 1. The number of aromatic nitrogens is 1. The molecular weight excluding hydrogens is 218 g/mol. The molecule has 0 atom stereocenters. The lowest BCUT2D eigenvalue weighted by molar-refractivity contribution is 0.313. The Bertz CT molecular complexity index is 421. The lowest BCUT2D eigenvalue weighted by atomic mass is 9.73. The van der Waals surface area contributed by atoms with Gasteiger partial charge in [-0.2, -0.15) is 0 Å². The van der Waals surface area contributed by atoms with Crippen LogP contribution in [0.15, 0.2) is 0 Å². The molecule has 16 heavy (non-hydrogen) atoms. The van der Waals surface area contributed by atoms with Gasteiger partial charge in [-0.1, -0.05) is 32.4 Å². The van der Waals surface area contributed by atoms with Gasteiger partial charge in [0.25, 0.3) is 0 Å². The van der Waals surface area contributed by atoms with Gasteiger partial charge in [0.15, 0.2) is 0 Å². The Labute approximate surface area is 103 Å². The number of nitrogens with zero attached hydrogens (tertiary/aromatic N) is 1. The third-order valence-electron chi connectivity index (χ3n) is 3.75. The smallest absolute Gasteiger partial charge is 0.132 e. The first-order valence-corrected chi connectivity index (χ1v) is 6.49. The first-order chi connectivity index (χ1) is 7.44. The molecule has 88 valence electrons. The van der Waals surface area contributed by atoms with Crippen LogP contribution in [0.1, 0.15) is 49.6 Å². The fourth-order valence-electron chi connectivity index (χ4n) is 2.66. The molecule has 0 spiro atoms. The van der Waals surface area contributed by atoms with Crippen molar-refractivity contribution in [2.24, 2.45) is 5.41 Å². The second kappa shape index (κ2) is 4.03. The lowest BCUT2D eigenvalue weighted by Crippen LogP contribution is -2.24. The molecule has 0 aliphatic heterocycles. The van der Waals surface area contributed by atoms with E-state index in [-0.39, 0.29) is 0 Å². The molecule has 0 saturated carbocycles. The summed E-state index contributed by atoms with van der Waals surface area (Å²) in [7, 11) is 0. The van der Waals surface area contributed by atoms with Gasteiger partial charge in [0.1, 0.15) is 5.15 Å². The molecule has 0 unspecified atom stereocenters. The molecule has 0 bridgehead atoms. The highest BCUT2D eigenvalue weighted by atomic mass is 35.5. The molecule has 1 aliphatic rings. The van der Waals surface area contributed by atoms with E-state index in [2.05, 4.69) is 32.7 Å². The van der Waals surface area contributed by atoms with Crippen molar-refractivity contribution >= 4 is 11.6 Å². The SMILES string of the molecule is CCc1nc(Cl)c(C)c2c1CC(C)(C)CC2.